The first-order chi connectivity index (χ1) is 15.9. The number of fused-ring (bicyclic) bond motifs is 1. The van der Waals surface area contributed by atoms with E-state index in [1.54, 1.807) is 29.2 Å². The Bertz CT molecular complexity index is 1400. The zero-order valence-electron chi connectivity index (χ0n) is 18.9. The Morgan fingerprint density at radius 1 is 1.09 bits per heavy atom. The molecule has 0 radical (unpaired) electrons. The Kier molecular flexibility index (Phi) is 5.15. The molecule has 1 aliphatic rings. The number of likely N-dealkylation sites (N-methyl/N-ethyl adjacent to an activating group) is 1. The number of carbonyl (C=O) groups excluding carboxylic acids is 1. The van der Waals surface area contributed by atoms with Gasteiger partial charge in [0.05, 0.1) is 16.6 Å². The van der Waals surface area contributed by atoms with Crippen molar-refractivity contribution in [3.63, 3.8) is 0 Å². The molecule has 9 nitrogen and oxygen atoms in total. The van der Waals surface area contributed by atoms with Crippen LogP contribution in [-0.2, 0) is 0 Å². The van der Waals surface area contributed by atoms with Gasteiger partial charge in [-0.25, -0.2) is 14.6 Å². The van der Waals surface area contributed by atoms with Gasteiger partial charge in [0.25, 0.3) is 0 Å². The van der Waals surface area contributed by atoms with Crippen LogP contribution < -0.4 is 4.90 Å². The number of pyridine rings is 1. The average Bonchev–Trinajstić information content (AvgIpc) is 3.41. The number of benzene rings is 1. The molecule has 1 aliphatic heterocycles. The molecule has 0 atom stereocenters. The van der Waals surface area contributed by atoms with Crippen molar-refractivity contribution in [1.82, 2.24) is 29.2 Å². The minimum Gasteiger partial charge on any atom is -0.369 e. The number of hydrogen-bond acceptors (Lipinski definition) is 7. The van der Waals surface area contributed by atoms with Crippen LogP contribution in [0.25, 0.3) is 22.7 Å². The van der Waals surface area contributed by atoms with Crippen molar-refractivity contribution < 1.29 is 4.79 Å². The Labute approximate surface area is 191 Å². The summed E-state index contributed by atoms with van der Waals surface area (Å²) < 4.78 is 3.45. The lowest BCUT2D eigenvalue weighted by Gasteiger charge is -2.34. The van der Waals surface area contributed by atoms with E-state index in [1.165, 1.54) is 6.92 Å². The monoisotopic (exact) mass is 440 g/mol. The van der Waals surface area contributed by atoms with Crippen molar-refractivity contribution in [2.75, 3.05) is 38.1 Å². The topological polar surface area (TPSA) is 95.9 Å². The third-order valence-electron chi connectivity index (χ3n) is 6.09. The molecule has 4 heterocycles. The van der Waals surface area contributed by atoms with Crippen LogP contribution in [-0.4, -0.2) is 68.2 Å². The van der Waals surface area contributed by atoms with Gasteiger partial charge in [-0.1, -0.05) is 0 Å². The van der Waals surface area contributed by atoms with Crippen LogP contribution in [0.2, 0.25) is 0 Å². The lowest BCUT2D eigenvalue weighted by molar-refractivity contribution is 0.101. The number of imidazole rings is 1. The maximum absolute atomic E-state index is 12.3. The Hall–Kier alpha value is -4.03. The third-order valence-corrected chi connectivity index (χ3v) is 6.09. The quantitative estimate of drug-likeness (QED) is 0.450. The zero-order valence-corrected chi connectivity index (χ0v) is 18.9. The fraction of sp³-hybridized carbons (Fsp3) is 0.292. The van der Waals surface area contributed by atoms with Crippen molar-refractivity contribution in [3.05, 3.63) is 59.7 Å². The Morgan fingerprint density at radius 2 is 1.88 bits per heavy atom. The second-order valence-corrected chi connectivity index (χ2v) is 8.37. The molecule has 5 rings (SSSR count). The van der Waals surface area contributed by atoms with Crippen molar-refractivity contribution in [2.45, 2.75) is 13.8 Å². The molecule has 1 fully saturated rings. The number of piperazine rings is 1. The molecule has 0 aliphatic carbocycles. The van der Waals surface area contributed by atoms with Gasteiger partial charge >= 0.3 is 0 Å². The largest absolute Gasteiger partial charge is 0.369 e. The van der Waals surface area contributed by atoms with E-state index >= 15 is 0 Å². The summed E-state index contributed by atoms with van der Waals surface area (Å²) in [6.07, 6.45) is 1.74. The molecular weight excluding hydrogens is 416 g/mol. The van der Waals surface area contributed by atoms with Gasteiger partial charge in [0.15, 0.2) is 17.3 Å². The van der Waals surface area contributed by atoms with Crippen LogP contribution in [0.5, 0.6) is 0 Å². The number of rotatable bonds is 4. The molecule has 33 heavy (non-hydrogen) atoms. The predicted molar refractivity (Wildman–Crippen MR) is 125 cm³/mol. The van der Waals surface area contributed by atoms with E-state index in [4.69, 9.17) is 4.98 Å². The number of aryl methyl sites for hydroxylation is 1. The Balaban J connectivity index is 1.56. The smallest absolute Gasteiger partial charge is 0.166 e. The van der Waals surface area contributed by atoms with E-state index < -0.39 is 0 Å². The second-order valence-electron chi connectivity index (χ2n) is 8.37. The number of carbonyl (C=O) groups is 1. The number of ketones is 1. The molecule has 3 aromatic heterocycles. The fourth-order valence-corrected chi connectivity index (χ4v) is 4.20. The van der Waals surface area contributed by atoms with Crippen LogP contribution in [0.4, 0.5) is 5.69 Å². The fourth-order valence-electron chi connectivity index (χ4n) is 4.20. The van der Waals surface area contributed by atoms with E-state index in [0.29, 0.717) is 17.2 Å². The molecule has 0 unspecified atom stereocenters. The lowest BCUT2D eigenvalue weighted by atomic mass is 10.2. The summed E-state index contributed by atoms with van der Waals surface area (Å²) in [5.74, 6) is 0.901. The highest BCUT2D eigenvalue weighted by molar-refractivity contribution is 5.97. The maximum Gasteiger partial charge on any atom is 0.166 e. The molecule has 4 aromatic rings. The van der Waals surface area contributed by atoms with Crippen molar-refractivity contribution in [1.29, 1.82) is 5.26 Å². The lowest BCUT2D eigenvalue weighted by Crippen LogP contribution is -2.44. The first-order valence-corrected chi connectivity index (χ1v) is 10.8. The molecule has 0 amide bonds. The van der Waals surface area contributed by atoms with Crippen LogP contribution in [0.15, 0.2) is 42.7 Å². The van der Waals surface area contributed by atoms with Gasteiger partial charge in [-0.15, -0.1) is 0 Å². The Morgan fingerprint density at radius 3 is 2.58 bits per heavy atom. The predicted octanol–water partition coefficient (Wildman–Crippen LogP) is 2.74. The highest BCUT2D eigenvalue weighted by Crippen LogP contribution is 2.25. The van der Waals surface area contributed by atoms with Crippen LogP contribution >= 0.6 is 0 Å². The van der Waals surface area contributed by atoms with Gasteiger partial charge in [-0.2, -0.15) is 10.4 Å². The maximum atomic E-state index is 12.3. The van der Waals surface area contributed by atoms with Crippen LogP contribution in [0.3, 0.4) is 0 Å². The van der Waals surface area contributed by atoms with Crippen LogP contribution in [0.1, 0.15) is 28.7 Å². The molecule has 166 valence electrons. The molecule has 9 heteroatoms. The van der Waals surface area contributed by atoms with Gasteiger partial charge < -0.3 is 9.80 Å². The van der Waals surface area contributed by atoms with E-state index in [-0.39, 0.29) is 11.5 Å². The van der Waals surface area contributed by atoms with Gasteiger partial charge in [-0.05, 0) is 57.3 Å². The van der Waals surface area contributed by atoms with Gasteiger partial charge in [0, 0.05) is 37.6 Å². The third kappa shape index (κ3) is 3.75. The number of aromatic nitrogens is 5. The summed E-state index contributed by atoms with van der Waals surface area (Å²) in [5, 5.41) is 13.5. The standard InChI is InChI=1S/C24H24N8O/c1-16-12-18(14-25)28-32(16)24-20(17(2)33)5-7-23(27-24)31-15-26-21-13-19(4-6-22(21)31)30-10-8-29(3)9-11-30/h4-7,12-13,15H,8-11H2,1-3H3. The summed E-state index contributed by atoms with van der Waals surface area (Å²) in [4.78, 5) is 26.4. The number of nitrogens with zero attached hydrogens (tertiary/aromatic N) is 8. The molecule has 0 N–H and O–H groups in total. The number of anilines is 1. The van der Waals surface area contributed by atoms with Gasteiger partial charge in [-0.3, -0.25) is 9.36 Å². The average molecular weight is 441 g/mol. The van der Waals surface area contributed by atoms with Crippen molar-refractivity contribution in [3.8, 4) is 17.7 Å². The first-order valence-electron chi connectivity index (χ1n) is 10.8. The number of hydrogen-bond donors (Lipinski definition) is 0. The van der Waals surface area contributed by atoms with E-state index in [1.807, 2.05) is 17.6 Å². The summed E-state index contributed by atoms with van der Waals surface area (Å²) in [6.45, 7) is 7.40. The molecule has 0 saturated carbocycles. The normalized spacial score (nSPS) is 14.5. The highest BCUT2D eigenvalue weighted by Gasteiger charge is 2.18. The first kappa shape index (κ1) is 20.8. The van der Waals surface area contributed by atoms with Crippen molar-refractivity contribution in [2.24, 2.45) is 0 Å². The molecule has 0 spiro atoms. The zero-order chi connectivity index (χ0) is 23.1. The summed E-state index contributed by atoms with van der Waals surface area (Å²) in [7, 11) is 2.15. The summed E-state index contributed by atoms with van der Waals surface area (Å²) in [6, 6.07) is 13.6. The summed E-state index contributed by atoms with van der Waals surface area (Å²) in [5.41, 5.74) is 4.42. The molecule has 1 aromatic carbocycles. The van der Waals surface area contributed by atoms with E-state index in [0.717, 1.165) is 48.6 Å². The minimum absolute atomic E-state index is 0.121. The summed E-state index contributed by atoms with van der Waals surface area (Å²) >= 11 is 0. The molecule has 0 bridgehead atoms. The van der Waals surface area contributed by atoms with Crippen LogP contribution in [0, 0.1) is 18.3 Å². The highest BCUT2D eigenvalue weighted by atomic mass is 16.1. The second kappa shape index (κ2) is 8.15. The number of nitriles is 1. The van der Waals surface area contributed by atoms with Crippen molar-refractivity contribution >= 4 is 22.5 Å². The molecular formula is C24H24N8O. The van der Waals surface area contributed by atoms with Gasteiger partial charge in [0.1, 0.15) is 18.2 Å². The molecule has 1 saturated heterocycles. The SMILES string of the molecule is CC(=O)c1ccc(-n2cnc3cc(N4CCN(C)CC4)ccc32)nc1-n1nc(C#N)cc1C. The van der Waals surface area contributed by atoms with E-state index in [9.17, 15) is 10.1 Å². The van der Waals surface area contributed by atoms with E-state index in [2.05, 4.69) is 45.1 Å². The minimum atomic E-state index is -0.121. The number of Topliss-reactive ketones (excluding diaryl/α,β-unsaturated/α-hetero) is 1. The van der Waals surface area contributed by atoms with Gasteiger partial charge in [0.2, 0.25) is 0 Å².